The highest BCUT2D eigenvalue weighted by Gasteiger charge is 2.23. The molecule has 0 aliphatic rings. The zero-order valence-corrected chi connectivity index (χ0v) is 18.9. The van der Waals surface area contributed by atoms with Crippen LogP contribution >= 0.6 is 0 Å². The predicted octanol–water partition coefficient (Wildman–Crippen LogP) is 3.96. The second kappa shape index (κ2) is 11.4. The summed E-state index contributed by atoms with van der Waals surface area (Å²) < 4.78 is 7.20. The second-order valence-electron chi connectivity index (χ2n) is 8.09. The molecule has 2 rings (SSSR count). The van der Waals surface area contributed by atoms with Gasteiger partial charge in [-0.3, -0.25) is 9.59 Å². The number of unbranched alkanes of at least 4 members (excludes halogenated alkanes) is 1. The Bertz CT molecular complexity index is 811. The molecule has 0 bridgehead atoms. The highest BCUT2D eigenvalue weighted by atomic mass is 16.5. The van der Waals surface area contributed by atoms with Crippen LogP contribution in [0.5, 0.6) is 5.75 Å². The Hall–Kier alpha value is -2.76. The maximum Gasteiger partial charge on any atom is 0.254 e. The standard InChI is InChI=1S/C24H35N3O3/c1-6-7-15-26(24(29)20-10-12-22(30-5)13-11-20)18-23(28)27(16-19(2)3)17-21-9-8-14-25(21)4/h8-14,19H,6-7,15-18H2,1-5H3. The molecule has 0 aliphatic carbocycles. The van der Waals surface area contributed by atoms with E-state index in [1.54, 1.807) is 36.3 Å². The van der Waals surface area contributed by atoms with Gasteiger partial charge in [0.2, 0.25) is 5.91 Å². The van der Waals surface area contributed by atoms with Gasteiger partial charge >= 0.3 is 0 Å². The fourth-order valence-corrected chi connectivity index (χ4v) is 3.33. The third-order valence-corrected chi connectivity index (χ3v) is 5.07. The lowest BCUT2D eigenvalue weighted by atomic mass is 10.1. The van der Waals surface area contributed by atoms with E-state index in [0.29, 0.717) is 36.9 Å². The summed E-state index contributed by atoms with van der Waals surface area (Å²) in [7, 11) is 3.58. The third-order valence-electron chi connectivity index (χ3n) is 5.07. The number of benzene rings is 1. The van der Waals surface area contributed by atoms with E-state index < -0.39 is 0 Å². The lowest BCUT2D eigenvalue weighted by Crippen LogP contribution is -2.44. The molecule has 0 N–H and O–H groups in total. The molecule has 6 heteroatoms. The summed E-state index contributed by atoms with van der Waals surface area (Å²) in [4.78, 5) is 29.9. The number of hydrogen-bond acceptors (Lipinski definition) is 3. The molecule has 2 amide bonds. The number of nitrogens with zero attached hydrogens (tertiary/aromatic N) is 3. The fraction of sp³-hybridized carbons (Fsp3) is 0.500. The van der Waals surface area contributed by atoms with Crippen LogP contribution < -0.4 is 4.74 Å². The molecule has 1 heterocycles. The summed E-state index contributed by atoms with van der Waals surface area (Å²) >= 11 is 0. The number of ether oxygens (including phenoxy) is 1. The number of aromatic nitrogens is 1. The molecule has 0 saturated carbocycles. The first-order valence-corrected chi connectivity index (χ1v) is 10.7. The molecule has 0 saturated heterocycles. The minimum absolute atomic E-state index is 0.0251. The third kappa shape index (κ3) is 6.65. The molecule has 0 unspecified atom stereocenters. The van der Waals surface area contributed by atoms with Crippen molar-refractivity contribution in [1.29, 1.82) is 0 Å². The molecule has 0 atom stereocenters. The van der Waals surface area contributed by atoms with Gasteiger partial charge in [-0.25, -0.2) is 0 Å². The Kier molecular flexibility index (Phi) is 8.96. The van der Waals surface area contributed by atoms with Crippen LogP contribution in [-0.2, 0) is 18.4 Å². The Morgan fingerprint density at radius 3 is 2.33 bits per heavy atom. The van der Waals surface area contributed by atoms with Gasteiger partial charge in [-0.15, -0.1) is 0 Å². The van der Waals surface area contributed by atoms with Gasteiger partial charge < -0.3 is 19.1 Å². The molecule has 1 aromatic heterocycles. The summed E-state index contributed by atoms with van der Waals surface area (Å²) in [5, 5.41) is 0. The number of hydrogen-bond donors (Lipinski definition) is 0. The Labute approximate surface area is 180 Å². The maximum atomic E-state index is 13.2. The minimum Gasteiger partial charge on any atom is -0.497 e. The summed E-state index contributed by atoms with van der Waals surface area (Å²) in [6.07, 6.45) is 3.80. The minimum atomic E-state index is -0.122. The summed E-state index contributed by atoms with van der Waals surface area (Å²) in [5.74, 6) is 0.898. The van der Waals surface area contributed by atoms with Crippen LogP contribution in [0.2, 0.25) is 0 Å². The number of amides is 2. The first-order chi connectivity index (χ1) is 14.3. The smallest absolute Gasteiger partial charge is 0.254 e. The van der Waals surface area contributed by atoms with E-state index in [9.17, 15) is 9.59 Å². The van der Waals surface area contributed by atoms with Crippen LogP contribution in [0.3, 0.4) is 0 Å². The van der Waals surface area contributed by atoms with Crippen molar-refractivity contribution in [2.45, 2.75) is 40.2 Å². The molecule has 1 aromatic carbocycles. The molecule has 0 spiro atoms. The molecule has 6 nitrogen and oxygen atoms in total. The highest BCUT2D eigenvalue weighted by molar-refractivity contribution is 5.96. The van der Waals surface area contributed by atoms with Crippen LogP contribution in [0.4, 0.5) is 0 Å². The predicted molar refractivity (Wildman–Crippen MR) is 119 cm³/mol. The van der Waals surface area contributed by atoms with Crippen LogP contribution in [0, 0.1) is 5.92 Å². The first kappa shape index (κ1) is 23.5. The van der Waals surface area contributed by atoms with E-state index in [0.717, 1.165) is 18.5 Å². The van der Waals surface area contributed by atoms with Crippen molar-refractivity contribution in [3.8, 4) is 5.75 Å². The molecule has 0 fully saturated rings. The van der Waals surface area contributed by atoms with Gasteiger partial charge in [-0.05, 0) is 48.7 Å². The lowest BCUT2D eigenvalue weighted by molar-refractivity contribution is -0.133. The fourth-order valence-electron chi connectivity index (χ4n) is 3.33. The topological polar surface area (TPSA) is 54.8 Å². The van der Waals surface area contributed by atoms with Crippen molar-refractivity contribution in [2.75, 3.05) is 26.7 Å². The Balaban J connectivity index is 2.17. The average molecular weight is 414 g/mol. The van der Waals surface area contributed by atoms with Crippen molar-refractivity contribution < 1.29 is 14.3 Å². The first-order valence-electron chi connectivity index (χ1n) is 10.7. The lowest BCUT2D eigenvalue weighted by Gasteiger charge is -2.29. The van der Waals surface area contributed by atoms with Gasteiger partial charge in [0.15, 0.2) is 0 Å². The quantitative estimate of drug-likeness (QED) is 0.560. The number of methoxy groups -OCH3 is 1. The van der Waals surface area contributed by atoms with E-state index in [1.807, 2.05) is 34.8 Å². The number of rotatable bonds is 11. The van der Waals surface area contributed by atoms with Crippen molar-refractivity contribution in [1.82, 2.24) is 14.4 Å². The van der Waals surface area contributed by atoms with Crippen LogP contribution in [0.15, 0.2) is 42.6 Å². The van der Waals surface area contributed by atoms with Gasteiger partial charge in [0.1, 0.15) is 12.3 Å². The Morgan fingerprint density at radius 1 is 1.10 bits per heavy atom. The van der Waals surface area contributed by atoms with E-state index in [4.69, 9.17) is 4.74 Å². The molecular formula is C24H35N3O3. The van der Waals surface area contributed by atoms with Crippen LogP contribution in [-0.4, -0.2) is 52.9 Å². The number of aryl methyl sites for hydroxylation is 1. The van der Waals surface area contributed by atoms with Crippen molar-refractivity contribution >= 4 is 11.8 Å². The second-order valence-corrected chi connectivity index (χ2v) is 8.09. The largest absolute Gasteiger partial charge is 0.497 e. The summed E-state index contributed by atoms with van der Waals surface area (Å²) in [5.41, 5.74) is 1.64. The van der Waals surface area contributed by atoms with E-state index >= 15 is 0 Å². The van der Waals surface area contributed by atoms with Gasteiger partial charge in [-0.2, -0.15) is 0 Å². The van der Waals surface area contributed by atoms with E-state index in [-0.39, 0.29) is 18.4 Å². The average Bonchev–Trinajstić information content (AvgIpc) is 3.14. The molecule has 2 aromatic rings. The maximum absolute atomic E-state index is 13.2. The summed E-state index contributed by atoms with van der Waals surface area (Å²) in [6, 6.07) is 11.0. The SMILES string of the molecule is CCCCN(CC(=O)N(Cc1cccn1C)CC(C)C)C(=O)c1ccc(OC)cc1. The molecule has 0 aliphatic heterocycles. The molecule has 164 valence electrons. The zero-order chi connectivity index (χ0) is 22.1. The van der Waals surface area contributed by atoms with E-state index in [1.165, 1.54) is 0 Å². The molecule has 30 heavy (non-hydrogen) atoms. The van der Waals surface area contributed by atoms with Crippen LogP contribution in [0.25, 0.3) is 0 Å². The zero-order valence-electron chi connectivity index (χ0n) is 18.9. The monoisotopic (exact) mass is 413 g/mol. The van der Waals surface area contributed by atoms with Crippen molar-refractivity contribution in [2.24, 2.45) is 13.0 Å². The van der Waals surface area contributed by atoms with Gasteiger partial charge in [-0.1, -0.05) is 27.2 Å². The molecule has 0 radical (unpaired) electrons. The highest BCUT2D eigenvalue weighted by Crippen LogP contribution is 2.15. The van der Waals surface area contributed by atoms with Gasteiger partial charge in [0, 0.05) is 37.6 Å². The van der Waals surface area contributed by atoms with E-state index in [2.05, 4.69) is 20.8 Å². The molecular weight excluding hydrogens is 378 g/mol. The van der Waals surface area contributed by atoms with Crippen LogP contribution in [0.1, 0.15) is 49.7 Å². The van der Waals surface area contributed by atoms with Gasteiger partial charge in [0.05, 0.1) is 13.7 Å². The van der Waals surface area contributed by atoms with Gasteiger partial charge in [0.25, 0.3) is 5.91 Å². The number of carbonyl (C=O) groups is 2. The summed E-state index contributed by atoms with van der Waals surface area (Å²) in [6.45, 7) is 8.12. The normalized spacial score (nSPS) is 10.9. The van der Waals surface area contributed by atoms with Crippen molar-refractivity contribution in [3.63, 3.8) is 0 Å². The Morgan fingerprint density at radius 2 is 1.80 bits per heavy atom. The van der Waals surface area contributed by atoms with Crippen molar-refractivity contribution in [3.05, 3.63) is 53.9 Å². The number of carbonyl (C=O) groups excluding carboxylic acids is 2.